The van der Waals surface area contributed by atoms with E-state index in [0.29, 0.717) is 23.9 Å². The van der Waals surface area contributed by atoms with Gasteiger partial charge in [-0.05, 0) is 102 Å². The van der Waals surface area contributed by atoms with Crippen molar-refractivity contribution in [2.75, 3.05) is 40.9 Å². The molecule has 3 unspecified atom stereocenters. The van der Waals surface area contributed by atoms with Crippen LogP contribution in [0.5, 0.6) is 0 Å². The van der Waals surface area contributed by atoms with Crippen LogP contribution in [0.4, 0.5) is 0 Å². The largest absolute Gasteiger partial charge is 0.756 e. The number of rotatable bonds is 55. The Morgan fingerprint density at radius 2 is 0.853 bits per heavy atom. The molecule has 0 bridgehead atoms. The first kappa shape index (κ1) is 72.2. The van der Waals surface area contributed by atoms with Crippen LogP contribution in [-0.4, -0.2) is 69.4 Å². The molecule has 0 aliphatic heterocycles. The average molecular weight is 1070 g/mol. The second kappa shape index (κ2) is 54.5. The molecule has 1 amide bonds. The third kappa shape index (κ3) is 55.7. The standard InChI is InChI=1S/C65H117N2O7P/c1-7-10-13-16-19-22-25-28-30-31-32-33-34-35-36-37-38-39-42-45-48-51-54-57-64(68)66-62(61-73-75(70,71)72-60-59-67(4,5)6)63(56-53-50-47-44-41-27-24-21-18-15-12-9-3)74-65(69)58-55-52-49-46-43-40-29-26-23-20-17-14-11-8-2/h11,14,19-20,22-23,28-30,32-33,40,53,56,62-63H,7-10,12-13,15-18,21,24-27,31,34-39,41-52,54-55,57-61H2,1-6H3,(H-,66,68,70,71)/b14-11+,22-19-,23-20+,30-28-,33-32-,40-29+,56-53-. The fourth-order valence-corrected chi connectivity index (χ4v) is 9.27. The number of carbonyl (C=O) groups is 2. The van der Waals surface area contributed by atoms with Crippen molar-refractivity contribution in [2.24, 2.45) is 0 Å². The maximum absolute atomic E-state index is 13.5. The maximum Gasteiger partial charge on any atom is 0.306 e. The van der Waals surface area contributed by atoms with Crippen LogP contribution in [0.2, 0.25) is 0 Å². The minimum Gasteiger partial charge on any atom is -0.756 e. The van der Waals surface area contributed by atoms with E-state index in [0.717, 1.165) is 109 Å². The zero-order valence-electron chi connectivity index (χ0n) is 49.5. The molecule has 0 aromatic carbocycles. The SMILES string of the molecule is CC/C=C/C/C=C/C/C=C/CCCCCCC(=O)OC(/C=C\CCCCCCCCCCCC)C(COP(=O)([O-])OCC[N+](C)(C)C)NC(=O)CCCCCCCCCCCC/C=C\C/C=C\C/C=C\CCCCC. The van der Waals surface area contributed by atoms with Crippen molar-refractivity contribution in [3.05, 3.63) is 85.1 Å². The highest BCUT2D eigenvalue weighted by Gasteiger charge is 2.27. The van der Waals surface area contributed by atoms with Gasteiger partial charge < -0.3 is 28.5 Å². The van der Waals surface area contributed by atoms with E-state index in [2.05, 4.69) is 99.0 Å². The highest BCUT2D eigenvalue weighted by atomic mass is 31.2. The van der Waals surface area contributed by atoms with Crippen molar-refractivity contribution in [1.29, 1.82) is 0 Å². The first-order chi connectivity index (χ1) is 36.4. The number of phosphoric ester groups is 1. The third-order valence-corrected chi connectivity index (χ3v) is 14.3. The van der Waals surface area contributed by atoms with Gasteiger partial charge in [0, 0.05) is 12.8 Å². The predicted molar refractivity (Wildman–Crippen MR) is 321 cm³/mol. The Bertz CT molecular complexity index is 1560. The minimum atomic E-state index is -4.71. The molecule has 9 nitrogen and oxygen atoms in total. The third-order valence-electron chi connectivity index (χ3n) is 13.3. The lowest BCUT2D eigenvalue weighted by Gasteiger charge is -2.30. The van der Waals surface area contributed by atoms with E-state index in [4.69, 9.17) is 13.8 Å². The Hall–Kier alpha value is -2.81. The summed E-state index contributed by atoms with van der Waals surface area (Å²) in [6.45, 7) is 6.68. The van der Waals surface area contributed by atoms with Crippen LogP contribution in [0.25, 0.3) is 0 Å². The summed E-state index contributed by atoms with van der Waals surface area (Å²) in [7, 11) is 1.16. The molecule has 1 N–H and O–H groups in total. The number of ether oxygens (including phenoxy) is 1. The Labute approximate surface area is 463 Å². The molecule has 3 atom stereocenters. The number of nitrogens with one attached hydrogen (secondary N) is 1. The molecule has 0 aromatic rings. The summed E-state index contributed by atoms with van der Waals surface area (Å²) in [6, 6.07) is -0.903. The molecule has 0 heterocycles. The molecular formula is C65H117N2O7P. The molecule has 0 fully saturated rings. The first-order valence-corrected chi connectivity index (χ1v) is 32.4. The van der Waals surface area contributed by atoms with Gasteiger partial charge in [0.2, 0.25) is 5.91 Å². The topological polar surface area (TPSA) is 114 Å². The summed E-state index contributed by atoms with van der Waals surface area (Å²) >= 11 is 0. The lowest BCUT2D eigenvalue weighted by Crippen LogP contribution is -2.47. The smallest absolute Gasteiger partial charge is 0.306 e. The number of carbonyl (C=O) groups excluding carboxylic acids is 2. The quantitative estimate of drug-likeness (QED) is 0.0212. The number of hydrogen-bond donors (Lipinski definition) is 1. The van der Waals surface area contributed by atoms with Crippen molar-refractivity contribution in [2.45, 2.75) is 277 Å². The van der Waals surface area contributed by atoms with Crippen LogP contribution in [0.1, 0.15) is 265 Å². The molecule has 0 spiro atoms. The lowest BCUT2D eigenvalue weighted by atomic mass is 10.0. The summed E-state index contributed by atoms with van der Waals surface area (Å²) in [5, 5.41) is 3.02. The van der Waals surface area contributed by atoms with Crippen LogP contribution in [0, 0.1) is 0 Å². The summed E-state index contributed by atoms with van der Waals surface area (Å²) < 4.78 is 30.3. The van der Waals surface area contributed by atoms with E-state index in [9.17, 15) is 19.0 Å². The monoisotopic (exact) mass is 1070 g/mol. The number of hydrogen-bond acceptors (Lipinski definition) is 7. The number of unbranched alkanes of at least 4 members (excludes halogenated alkanes) is 27. The highest BCUT2D eigenvalue weighted by Crippen LogP contribution is 2.38. The van der Waals surface area contributed by atoms with Gasteiger partial charge >= 0.3 is 5.97 Å². The van der Waals surface area contributed by atoms with E-state index in [1.807, 2.05) is 33.3 Å². The molecule has 434 valence electrons. The van der Waals surface area contributed by atoms with E-state index < -0.39 is 26.6 Å². The Kier molecular flexibility index (Phi) is 52.5. The number of esters is 1. The zero-order valence-corrected chi connectivity index (χ0v) is 50.4. The van der Waals surface area contributed by atoms with E-state index in [1.165, 1.54) is 116 Å². The molecule has 0 aromatic heterocycles. The van der Waals surface area contributed by atoms with Crippen molar-refractivity contribution >= 4 is 19.7 Å². The van der Waals surface area contributed by atoms with Gasteiger partial charge in [0.25, 0.3) is 7.82 Å². The fourth-order valence-electron chi connectivity index (χ4n) is 8.54. The summed E-state index contributed by atoms with van der Waals surface area (Å²) in [5.41, 5.74) is 0. The van der Waals surface area contributed by atoms with Gasteiger partial charge in [0.1, 0.15) is 19.3 Å². The number of amides is 1. The summed E-state index contributed by atoms with van der Waals surface area (Å²) in [4.78, 5) is 39.9. The van der Waals surface area contributed by atoms with Gasteiger partial charge in [0.15, 0.2) is 0 Å². The van der Waals surface area contributed by atoms with E-state index >= 15 is 0 Å². The molecular weight excluding hydrogens is 952 g/mol. The Balaban J connectivity index is 5.22. The predicted octanol–water partition coefficient (Wildman–Crippen LogP) is 18.4. The van der Waals surface area contributed by atoms with Crippen molar-refractivity contribution in [3.8, 4) is 0 Å². The molecule has 0 saturated heterocycles. The van der Waals surface area contributed by atoms with Crippen LogP contribution < -0.4 is 10.2 Å². The van der Waals surface area contributed by atoms with Crippen LogP contribution in [-0.2, 0) is 27.9 Å². The normalized spacial score (nSPS) is 14.3. The van der Waals surface area contributed by atoms with Crippen molar-refractivity contribution in [1.82, 2.24) is 5.32 Å². The van der Waals surface area contributed by atoms with Crippen LogP contribution in [0.15, 0.2) is 85.1 Å². The fraction of sp³-hybridized carbons (Fsp3) is 0.754. The van der Waals surface area contributed by atoms with E-state index in [1.54, 1.807) is 0 Å². The molecule has 0 aliphatic carbocycles. The molecule has 75 heavy (non-hydrogen) atoms. The van der Waals surface area contributed by atoms with E-state index in [-0.39, 0.29) is 24.9 Å². The lowest BCUT2D eigenvalue weighted by molar-refractivity contribution is -0.870. The summed E-state index contributed by atoms with van der Waals surface area (Å²) in [5.74, 6) is -0.572. The first-order valence-electron chi connectivity index (χ1n) is 30.9. The molecule has 0 saturated carbocycles. The number of quaternary nitrogens is 1. The number of likely N-dealkylation sites (N-methyl/N-ethyl adjacent to an activating group) is 1. The highest BCUT2D eigenvalue weighted by molar-refractivity contribution is 7.45. The van der Waals surface area contributed by atoms with Gasteiger partial charge in [0.05, 0.1) is 33.8 Å². The zero-order chi connectivity index (χ0) is 55.0. The molecule has 0 aliphatic rings. The van der Waals surface area contributed by atoms with Crippen molar-refractivity contribution in [3.63, 3.8) is 0 Å². The minimum absolute atomic E-state index is 0.0301. The van der Waals surface area contributed by atoms with Crippen LogP contribution >= 0.6 is 7.82 Å². The maximum atomic E-state index is 13.5. The molecule has 0 rings (SSSR count). The van der Waals surface area contributed by atoms with Crippen molar-refractivity contribution < 1.29 is 37.3 Å². The van der Waals surface area contributed by atoms with Gasteiger partial charge in [-0.3, -0.25) is 14.2 Å². The second-order valence-corrected chi connectivity index (χ2v) is 23.2. The average Bonchev–Trinajstić information content (AvgIpc) is 3.37. The number of phosphoric acid groups is 1. The Morgan fingerprint density at radius 3 is 1.31 bits per heavy atom. The van der Waals surface area contributed by atoms with Gasteiger partial charge in [-0.25, -0.2) is 0 Å². The second-order valence-electron chi connectivity index (χ2n) is 21.8. The summed E-state index contributed by atoms with van der Waals surface area (Å²) in [6.07, 6.45) is 71.2. The van der Waals surface area contributed by atoms with Gasteiger partial charge in [-0.1, -0.05) is 235 Å². The number of nitrogens with zero attached hydrogens (tertiary/aromatic N) is 1. The number of allylic oxidation sites excluding steroid dienone is 13. The molecule has 0 radical (unpaired) electrons. The van der Waals surface area contributed by atoms with Crippen LogP contribution in [0.3, 0.4) is 0 Å². The van der Waals surface area contributed by atoms with Gasteiger partial charge in [-0.2, -0.15) is 0 Å². The van der Waals surface area contributed by atoms with Gasteiger partial charge in [-0.15, -0.1) is 0 Å². The molecule has 10 heteroatoms. The Morgan fingerprint density at radius 1 is 0.480 bits per heavy atom.